The van der Waals surface area contributed by atoms with Gasteiger partial charge in [0.2, 0.25) is 0 Å². The Morgan fingerprint density at radius 1 is 1.15 bits per heavy atom. The van der Waals surface area contributed by atoms with Crippen molar-refractivity contribution >= 4 is 44.7 Å². The number of pyridine rings is 2. The van der Waals surface area contributed by atoms with Crippen molar-refractivity contribution in [2.75, 3.05) is 5.73 Å². The molecule has 0 saturated heterocycles. The zero-order valence-corrected chi connectivity index (χ0v) is 15.7. The topological polar surface area (TPSA) is 80.9 Å². The lowest BCUT2D eigenvalue weighted by atomic mass is 10.1. The summed E-state index contributed by atoms with van der Waals surface area (Å²) in [5.74, 6) is -0.223. The van der Waals surface area contributed by atoms with Gasteiger partial charge in [0.05, 0.1) is 11.4 Å². The molecule has 0 fully saturated rings. The van der Waals surface area contributed by atoms with Crippen LogP contribution in [0.4, 0.5) is 5.69 Å². The van der Waals surface area contributed by atoms with Crippen molar-refractivity contribution in [3.63, 3.8) is 0 Å². The maximum Gasteiger partial charge on any atom is 0.263 e. The third kappa shape index (κ3) is 3.49. The van der Waals surface area contributed by atoms with Gasteiger partial charge in [-0.3, -0.25) is 9.78 Å². The summed E-state index contributed by atoms with van der Waals surface area (Å²) in [5.41, 5.74) is 9.15. The van der Waals surface area contributed by atoms with Crippen molar-refractivity contribution < 1.29 is 4.79 Å². The maximum atomic E-state index is 12.6. The van der Waals surface area contributed by atoms with E-state index in [1.165, 1.54) is 11.3 Å². The minimum Gasteiger partial charge on any atom is -0.397 e. The summed E-state index contributed by atoms with van der Waals surface area (Å²) in [6.45, 7) is 0.388. The van der Waals surface area contributed by atoms with E-state index in [-0.39, 0.29) is 5.91 Å². The molecule has 1 aromatic carbocycles. The number of hydrogen-bond acceptors (Lipinski definition) is 5. The van der Waals surface area contributed by atoms with E-state index in [0.29, 0.717) is 27.0 Å². The highest BCUT2D eigenvalue weighted by Gasteiger charge is 2.18. The Labute approximate surface area is 164 Å². The number of amides is 1. The van der Waals surface area contributed by atoms with Gasteiger partial charge in [0.25, 0.3) is 5.91 Å². The van der Waals surface area contributed by atoms with E-state index in [2.05, 4.69) is 15.3 Å². The number of nitrogens with zero attached hydrogens (tertiary/aromatic N) is 2. The van der Waals surface area contributed by atoms with Crippen LogP contribution in [0.1, 0.15) is 15.2 Å². The monoisotopic (exact) mass is 394 g/mol. The van der Waals surface area contributed by atoms with Crippen LogP contribution in [0.2, 0.25) is 5.02 Å². The fourth-order valence-electron chi connectivity index (χ4n) is 2.75. The molecule has 0 atom stereocenters. The van der Waals surface area contributed by atoms with Crippen LogP contribution in [0.5, 0.6) is 0 Å². The summed E-state index contributed by atoms with van der Waals surface area (Å²) in [5, 5.41) is 4.27. The van der Waals surface area contributed by atoms with Gasteiger partial charge < -0.3 is 11.1 Å². The average molecular weight is 395 g/mol. The second-order valence-electron chi connectivity index (χ2n) is 5.92. The number of hydrogen-bond donors (Lipinski definition) is 2. The summed E-state index contributed by atoms with van der Waals surface area (Å²) in [7, 11) is 0. The quantitative estimate of drug-likeness (QED) is 0.533. The molecule has 3 heterocycles. The van der Waals surface area contributed by atoms with E-state index in [4.69, 9.17) is 17.3 Å². The fourth-order valence-corrected chi connectivity index (χ4v) is 3.99. The minimum absolute atomic E-state index is 0.223. The van der Waals surface area contributed by atoms with E-state index in [1.807, 2.05) is 48.5 Å². The van der Waals surface area contributed by atoms with Crippen molar-refractivity contribution in [2.45, 2.75) is 6.54 Å². The molecule has 134 valence electrons. The molecule has 0 aliphatic heterocycles. The lowest BCUT2D eigenvalue weighted by Crippen LogP contribution is -2.22. The van der Waals surface area contributed by atoms with Gasteiger partial charge in [0, 0.05) is 34.9 Å². The van der Waals surface area contributed by atoms with Gasteiger partial charge in [-0.1, -0.05) is 35.9 Å². The predicted molar refractivity (Wildman–Crippen MR) is 110 cm³/mol. The fraction of sp³-hybridized carbons (Fsp3) is 0.0500. The third-order valence-corrected chi connectivity index (χ3v) is 5.57. The molecule has 0 unspecified atom stereocenters. The normalized spacial score (nSPS) is 10.9. The van der Waals surface area contributed by atoms with Crippen LogP contribution < -0.4 is 11.1 Å². The number of rotatable bonds is 4. The summed E-state index contributed by atoms with van der Waals surface area (Å²) in [6, 6.07) is 15.0. The van der Waals surface area contributed by atoms with E-state index in [9.17, 15) is 4.79 Å². The smallest absolute Gasteiger partial charge is 0.263 e. The van der Waals surface area contributed by atoms with Crippen LogP contribution in [0, 0.1) is 0 Å². The molecular weight excluding hydrogens is 380 g/mol. The lowest BCUT2D eigenvalue weighted by molar-refractivity contribution is 0.0956. The Balaban J connectivity index is 1.63. The van der Waals surface area contributed by atoms with E-state index in [1.54, 1.807) is 12.4 Å². The second-order valence-corrected chi connectivity index (χ2v) is 7.32. The summed E-state index contributed by atoms with van der Waals surface area (Å²) >= 11 is 7.54. The first-order chi connectivity index (χ1) is 13.1. The van der Waals surface area contributed by atoms with Crippen molar-refractivity contribution in [1.29, 1.82) is 0 Å². The average Bonchev–Trinajstić information content (AvgIpc) is 3.03. The highest BCUT2D eigenvalue weighted by atomic mass is 35.5. The second kappa shape index (κ2) is 7.34. The van der Waals surface area contributed by atoms with Gasteiger partial charge in [-0.05, 0) is 29.8 Å². The highest BCUT2D eigenvalue weighted by molar-refractivity contribution is 7.21. The first kappa shape index (κ1) is 17.5. The molecule has 4 aromatic rings. The molecule has 3 N–H and O–H groups in total. The van der Waals surface area contributed by atoms with Crippen molar-refractivity contribution in [1.82, 2.24) is 15.3 Å². The van der Waals surface area contributed by atoms with Gasteiger partial charge >= 0.3 is 0 Å². The number of benzene rings is 1. The maximum absolute atomic E-state index is 12.6. The number of anilines is 1. The molecule has 3 aromatic heterocycles. The molecule has 27 heavy (non-hydrogen) atoms. The predicted octanol–water partition coefficient (Wildman–Crippen LogP) is 4.52. The molecule has 1 amide bonds. The van der Waals surface area contributed by atoms with Gasteiger partial charge in [0.1, 0.15) is 9.71 Å². The van der Waals surface area contributed by atoms with Crippen molar-refractivity contribution in [3.05, 3.63) is 76.4 Å². The Morgan fingerprint density at radius 3 is 2.78 bits per heavy atom. The number of aromatic nitrogens is 2. The standard InChI is InChI=1S/C20H15ClN4OS/c21-15-6-2-1-5-13(15)16-8-7-14-17(22)18(27-20(14)25-16)19(26)24-11-12-4-3-9-23-10-12/h1-10H,11,22H2,(H,24,26). The van der Waals surface area contributed by atoms with E-state index >= 15 is 0 Å². The van der Waals surface area contributed by atoms with E-state index < -0.39 is 0 Å². The zero-order valence-electron chi connectivity index (χ0n) is 14.1. The molecule has 0 spiro atoms. The van der Waals surface area contributed by atoms with Gasteiger partial charge in [-0.2, -0.15) is 0 Å². The number of nitrogen functional groups attached to an aromatic ring is 1. The molecule has 0 aliphatic rings. The Kier molecular flexibility index (Phi) is 4.75. The SMILES string of the molecule is Nc1c(C(=O)NCc2cccnc2)sc2nc(-c3ccccc3Cl)ccc12. The van der Waals surface area contributed by atoms with Gasteiger partial charge in [0.15, 0.2) is 0 Å². The Bertz CT molecular complexity index is 1130. The number of carbonyl (C=O) groups is 1. The van der Waals surface area contributed by atoms with Crippen LogP contribution >= 0.6 is 22.9 Å². The molecule has 0 saturated carbocycles. The molecule has 4 rings (SSSR count). The van der Waals surface area contributed by atoms with Crippen LogP contribution in [0.15, 0.2) is 60.9 Å². The Hall–Kier alpha value is -2.96. The largest absolute Gasteiger partial charge is 0.397 e. The van der Waals surface area contributed by atoms with Crippen molar-refractivity contribution in [2.24, 2.45) is 0 Å². The molecular formula is C20H15ClN4OS. The molecule has 5 nitrogen and oxygen atoms in total. The molecule has 0 radical (unpaired) electrons. The van der Waals surface area contributed by atoms with Gasteiger partial charge in [-0.25, -0.2) is 4.98 Å². The van der Waals surface area contributed by atoms with Crippen LogP contribution in [0.3, 0.4) is 0 Å². The minimum atomic E-state index is -0.223. The zero-order chi connectivity index (χ0) is 18.8. The van der Waals surface area contributed by atoms with Crippen molar-refractivity contribution in [3.8, 4) is 11.3 Å². The van der Waals surface area contributed by atoms with Crippen LogP contribution in [-0.4, -0.2) is 15.9 Å². The first-order valence-electron chi connectivity index (χ1n) is 8.24. The number of nitrogens with one attached hydrogen (secondary N) is 1. The van der Waals surface area contributed by atoms with Crippen LogP contribution in [-0.2, 0) is 6.54 Å². The summed E-state index contributed by atoms with van der Waals surface area (Å²) < 4.78 is 0. The van der Waals surface area contributed by atoms with Gasteiger partial charge in [-0.15, -0.1) is 11.3 Å². The molecule has 0 bridgehead atoms. The highest BCUT2D eigenvalue weighted by Crippen LogP contribution is 2.35. The lowest BCUT2D eigenvalue weighted by Gasteiger charge is -2.04. The molecule has 7 heteroatoms. The number of carbonyl (C=O) groups excluding carboxylic acids is 1. The number of thiophene rings is 1. The van der Waals surface area contributed by atoms with E-state index in [0.717, 1.165) is 22.2 Å². The Morgan fingerprint density at radius 2 is 2.00 bits per heavy atom. The number of nitrogens with two attached hydrogens (primary N) is 1. The summed E-state index contributed by atoms with van der Waals surface area (Å²) in [4.78, 5) is 22.4. The number of fused-ring (bicyclic) bond motifs is 1. The summed E-state index contributed by atoms with van der Waals surface area (Å²) in [6.07, 6.45) is 3.41. The third-order valence-electron chi connectivity index (χ3n) is 4.13. The first-order valence-corrected chi connectivity index (χ1v) is 9.44. The molecule has 0 aliphatic carbocycles. The number of halogens is 1. The van der Waals surface area contributed by atoms with Crippen LogP contribution in [0.25, 0.3) is 21.5 Å².